The molecular formula is C18H27N5O. The van der Waals surface area contributed by atoms with E-state index < -0.39 is 0 Å². The van der Waals surface area contributed by atoms with Gasteiger partial charge in [-0.05, 0) is 46.3 Å². The number of carbonyl (C=O) groups excluding carboxylic acids is 1. The third kappa shape index (κ3) is 3.43. The maximum absolute atomic E-state index is 12.7. The van der Waals surface area contributed by atoms with Gasteiger partial charge in [0.2, 0.25) is 0 Å². The van der Waals surface area contributed by atoms with Crippen molar-refractivity contribution in [2.24, 2.45) is 0 Å². The zero-order valence-electron chi connectivity index (χ0n) is 15.0. The highest BCUT2D eigenvalue weighted by molar-refractivity contribution is 6.05. The summed E-state index contributed by atoms with van der Waals surface area (Å²) in [6.45, 7) is 5.72. The largest absolute Gasteiger partial charge is 0.351 e. The van der Waals surface area contributed by atoms with E-state index in [1.54, 1.807) is 6.20 Å². The molecule has 6 heteroatoms. The number of pyridine rings is 1. The Labute approximate surface area is 143 Å². The molecule has 6 nitrogen and oxygen atoms in total. The number of hydrogen-bond acceptors (Lipinski definition) is 4. The van der Waals surface area contributed by atoms with Crippen LogP contribution in [0.2, 0.25) is 0 Å². The zero-order chi connectivity index (χ0) is 17.3. The number of aromatic nitrogens is 3. The number of fused-ring (bicyclic) bond motifs is 1. The first kappa shape index (κ1) is 16.9. The van der Waals surface area contributed by atoms with Gasteiger partial charge in [-0.15, -0.1) is 0 Å². The monoisotopic (exact) mass is 329 g/mol. The van der Waals surface area contributed by atoms with E-state index in [2.05, 4.69) is 29.2 Å². The molecule has 2 heterocycles. The number of carbonyl (C=O) groups is 1. The topological polar surface area (TPSA) is 63.1 Å². The predicted octanol–water partition coefficient (Wildman–Crippen LogP) is 2.57. The van der Waals surface area contributed by atoms with E-state index in [4.69, 9.17) is 4.98 Å². The quantitative estimate of drug-likeness (QED) is 0.848. The Balaban J connectivity index is 1.96. The standard InChI is InChI=1S/C18H27N5O/c1-5-12(2)23-17-15(11-20-23)14(10-16(21-17)13-6-7-13)18(24)19-8-9-22(3)4/h10-13H,5-9H2,1-4H3,(H,19,24). The van der Waals surface area contributed by atoms with Crippen LogP contribution in [0.25, 0.3) is 11.0 Å². The van der Waals surface area contributed by atoms with Gasteiger partial charge in [-0.25, -0.2) is 9.67 Å². The highest BCUT2D eigenvalue weighted by atomic mass is 16.1. The summed E-state index contributed by atoms with van der Waals surface area (Å²) in [5.41, 5.74) is 2.58. The van der Waals surface area contributed by atoms with E-state index in [0.29, 0.717) is 18.0 Å². The molecule has 0 saturated heterocycles. The minimum Gasteiger partial charge on any atom is -0.351 e. The van der Waals surface area contributed by atoms with Crippen LogP contribution in [0.3, 0.4) is 0 Å². The SMILES string of the molecule is CCC(C)n1ncc2c(C(=O)NCCN(C)C)cc(C3CC3)nc21. The van der Waals surface area contributed by atoms with Crippen LogP contribution >= 0.6 is 0 Å². The lowest BCUT2D eigenvalue weighted by molar-refractivity contribution is 0.0952. The van der Waals surface area contributed by atoms with Crippen molar-refractivity contribution in [1.29, 1.82) is 0 Å². The fraction of sp³-hybridized carbons (Fsp3) is 0.611. The summed E-state index contributed by atoms with van der Waals surface area (Å²) in [6, 6.07) is 2.24. The van der Waals surface area contributed by atoms with Crippen molar-refractivity contribution in [2.45, 2.75) is 45.1 Å². The van der Waals surface area contributed by atoms with Crippen molar-refractivity contribution in [3.8, 4) is 0 Å². The molecule has 1 aliphatic carbocycles. The Morgan fingerprint density at radius 1 is 1.46 bits per heavy atom. The van der Waals surface area contributed by atoms with E-state index >= 15 is 0 Å². The fourth-order valence-corrected chi connectivity index (χ4v) is 2.80. The van der Waals surface area contributed by atoms with Crippen molar-refractivity contribution in [2.75, 3.05) is 27.2 Å². The lowest BCUT2D eigenvalue weighted by Gasteiger charge is -2.13. The molecular weight excluding hydrogens is 302 g/mol. The van der Waals surface area contributed by atoms with Crippen molar-refractivity contribution in [3.63, 3.8) is 0 Å². The summed E-state index contributed by atoms with van der Waals surface area (Å²) in [6.07, 6.45) is 5.10. The molecule has 0 aromatic carbocycles. The van der Waals surface area contributed by atoms with Crippen LogP contribution in [0.5, 0.6) is 0 Å². The lowest BCUT2D eigenvalue weighted by Crippen LogP contribution is -2.31. The molecule has 1 saturated carbocycles. The van der Waals surface area contributed by atoms with Crippen molar-refractivity contribution in [1.82, 2.24) is 25.0 Å². The summed E-state index contributed by atoms with van der Waals surface area (Å²) >= 11 is 0. The second kappa shape index (κ2) is 6.89. The van der Waals surface area contributed by atoms with Gasteiger partial charge in [-0.3, -0.25) is 4.79 Å². The van der Waals surface area contributed by atoms with Crippen molar-refractivity contribution in [3.05, 3.63) is 23.5 Å². The summed E-state index contributed by atoms with van der Waals surface area (Å²) in [5, 5.41) is 8.37. The average molecular weight is 329 g/mol. The smallest absolute Gasteiger partial charge is 0.252 e. The van der Waals surface area contributed by atoms with E-state index in [9.17, 15) is 4.79 Å². The maximum Gasteiger partial charge on any atom is 0.252 e. The number of likely N-dealkylation sites (N-methyl/N-ethyl adjacent to an activating group) is 1. The van der Waals surface area contributed by atoms with Crippen LogP contribution in [0.4, 0.5) is 0 Å². The van der Waals surface area contributed by atoms with Gasteiger partial charge in [0.05, 0.1) is 23.2 Å². The van der Waals surface area contributed by atoms with E-state index in [-0.39, 0.29) is 11.9 Å². The number of amides is 1. The molecule has 1 amide bonds. The van der Waals surface area contributed by atoms with Gasteiger partial charge in [0, 0.05) is 24.7 Å². The Morgan fingerprint density at radius 3 is 2.83 bits per heavy atom. The van der Waals surface area contributed by atoms with Gasteiger partial charge in [0.1, 0.15) is 0 Å². The van der Waals surface area contributed by atoms with Crippen LogP contribution in [-0.4, -0.2) is 52.8 Å². The van der Waals surface area contributed by atoms with Crippen molar-refractivity contribution >= 4 is 16.9 Å². The third-order valence-electron chi connectivity index (χ3n) is 4.68. The summed E-state index contributed by atoms with van der Waals surface area (Å²) in [7, 11) is 4.00. The average Bonchev–Trinajstić information content (AvgIpc) is 3.32. The van der Waals surface area contributed by atoms with E-state index in [1.165, 1.54) is 0 Å². The van der Waals surface area contributed by atoms with Crippen molar-refractivity contribution < 1.29 is 4.79 Å². The molecule has 1 N–H and O–H groups in total. The molecule has 2 aromatic rings. The molecule has 24 heavy (non-hydrogen) atoms. The van der Waals surface area contributed by atoms with E-state index in [0.717, 1.165) is 42.5 Å². The summed E-state index contributed by atoms with van der Waals surface area (Å²) in [5.74, 6) is 0.470. The number of rotatable bonds is 7. The van der Waals surface area contributed by atoms with Gasteiger partial charge >= 0.3 is 0 Å². The highest BCUT2D eigenvalue weighted by Crippen LogP contribution is 2.40. The van der Waals surface area contributed by atoms with Gasteiger partial charge in [-0.2, -0.15) is 5.10 Å². The van der Waals surface area contributed by atoms with Gasteiger partial charge in [0.25, 0.3) is 5.91 Å². The molecule has 2 aromatic heterocycles. The molecule has 130 valence electrons. The van der Waals surface area contributed by atoms with E-state index in [1.807, 2.05) is 24.8 Å². The third-order valence-corrected chi connectivity index (χ3v) is 4.68. The molecule has 1 atom stereocenters. The van der Waals surface area contributed by atoms with Crippen LogP contribution in [0.15, 0.2) is 12.3 Å². The van der Waals surface area contributed by atoms with Crippen LogP contribution in [0, 0.1) is 0 Å². The molecule has 1 aliphatic rings. The Morgan fingerprint density at radius 2 is 2.21 bits per heavy atom. The second-order valence-electron chi connectivity index (χ2n) is 7.01. The van der Waals surface area contributed by atoms with Gasteiger partial charge in [0.15, 0.2) is 5.65 Å². The van der Waals surface area contributed by atoms with Gasteiger partial charge in [-0.1, -0.05) is 6.92 Å². The Hall–Kier alpha value is -1.95. The number of hydrogen-bond donors (Lipinski definition) is 1. The minimum atomic E-state index is -0.0325. The molecule has 1 fully saturated rings. The molecule has 0 spiro atoms. The fourth-order valence-electron chi connectivity index (χ4n) is 2.80. The Bertz CT molecular complexity index is 732. The molecule has 0 aliphatic heterocycles. The van der Waals surface area contributed by atoms with Crippen LogP contribution in [0.1, 0.15) is 61.1 Å². The first-order valence-electron chi connectivity index (χ1n) is 8.82. The van der Waals surface area contributed by atoms with Crippen LogP contribution < -0.4 is 5.32 Å². The number of nitrogens with zero attached hydrogens (tertiary/aromatic N) is 4. The molecule has 1 unspecified atom stereocenters. The number of nitrogens with one attached hydrogen (secondary N) is 1. The summed E-state index contributed by atoms with van der Waals surface area (Å²) in [4.78, 5) is 19.6. The predicted molar refractivity (Wildman–Crippen MR) is 95.4 cm³/mol. The Kier molecular flexibility index (Phi) is 4.85. The first-order valence-corrected chi connectivity index (χ1v) is 8.82. The lowest BCUT2D eigenvalue weighted by atomic mass is 10.1. The highest BCUT2D eigenvalue weighted by Gasteiger charge is 2.28. The maximum atomic E-state index is 12.7. The second-order valence-corrected chi connectivity index (χ2v) is 7.01. The molecule has 3 rings (SSSR count). The zero-order valence-corrected chi connectivity index (χ0v) is 15.0. The molecule has 0 radical (unpaired) electrons. The normalized spacial score (nSPS) is 15.9. The first-order chi connectivity index (χ1) is 11.5. The molecule has 0 bridgehead atoms. The summed E-state index contributed by atoms with van der Waals surface area (Å²) < 4.78 is 1.96. The minimum absolute atomic E-state index is 0.0325. The van der Waals surface area contributed by atoms with Gasteiger partial charge < -0.3 is 10.2 Å². The van der Waals surface area contributed by atoms with Crippen LogP contribution in [-0.2, 0) is 0 Å².